The van der Waals surface area contributed by atoms with Crippen molar-refractivity contribution in [2.45, 2.75) is 39.5 Å². The van der Waals surface area contributed by atoms with Crippen molar-refractivity contribution < 1.29 is 14.3 Å². The van der Waals surface area contributed by atoms with Gasteiger partial charge in [-0.3, -0.25) is 9.59 Å². The van der Waals surface area contributed by atoms with E-state index in [0.717, 1.165) is 12.0 Å². The van der Waals surface area contributed by atoms with Crippen LogP contribution in [0.25, 0.3) is 0 Å². The molecule has 0 fully saturated rings. The van der Waals surface area contributed by atoms with Crippen molar-refractivity contribution >= 4 is 11.8 Å². The predicted octanol–water partition coefficient (Wildman–Crippen LogP) is 2.84. The number of rotatable bonds is 7. The van der Waals surface area contributed by atoms with Crippen LogP contribution >= 0.6 is 0 Å². The number of ether oxygens (including phenoxy) is 1. The third kappa shape index (κ3) is 5.62. The Bertz CT molecular complexity index is 393. The SMILES string of the molecule is CCOC(=O)CCC(=O)CCc1ccc(C)cc1. The van der Waals surface area contributed by atoms with Crippen LogP contribution in [-0.2, 0) is 20.7 Å². The molecule has 0 aromatic heterocycles. The average molecular weight is 248 g/mol. The topological polar surface area (TPSA) is 43.4 Å². The van der Waals surface area contributed by atoms with E-state index in [9.17, 15) is 9.59 Å². The number of carbonyl (C=O) groups is 2. The molecule has 0 radical (unpaired) electrons. The summed E-state index contributed by atoms with van der Waals surface area (Å²) in [7, 11) is 0. The normalized spacial score (nSPS) is 10.1. The minimum Gasteiger partial charge on any atom is -0.466 e. The summed E-state index contributed by atoms with van der Waals surface area (Å²) in [6.07, 6.45) is 1.70. The van der Waals surface area contributed by atoms with Crippen molar-refractivity contribution in [2.75, 3.05) is 6.61 Å². The second-order valence-corrected chi connectivity index (χ2v) is 4.33. The summed E-state index contributed by atoms with van der Waals surface area (Å²) < 4.78 is 4.78. The first-order valence-corrected chi connectivity index (χ1v) is 6.34. The molecule has 1 aromatic rings. The second-order valence-electron chi connectivity index (χ2n) is 4.33. The molecule has 0 spiro atoms. The molecule has 3 heteroatoms. The lowest BCUT2D eigenvalue weighted by Crippen LogP contribution is -2.08. The van der Waals surface area contributed by atoms with Gasteiger partial charge in [0.05, 0.1) is 13.0 Å². The van der Waals surface area contributed by atoms with Gasteiger partial charge in [-0.15, -0.1) is 0 Å². The maximum absolute atomic E-state index is 11.6. The van der Waals surface area contributed by atoms with Crippen molar-refractivity contribution in [3.05, 3.63) is 35.4 Å². The monoisotopic (exact) mass is 248 g/mol. The molecule has 1 aromatic carbocycles. The third-order valence-corrected chi connectivity index (χ3v) is 2.73. The zero-order valence-corrected chi connectivity index (χ0v) is 11.1. The highest BCUT2D eigenvalue weighted by Crippen LogP contribution is 2.07. The van der Waals surface area contributed by atoms with Gasteiger partial charge in [0.1, 0.15) is 5.78 Å². The molecular weight excluding hydrogens is 228 g/mol. The minimum absolute atomic E-state index is 0.114. The van der Waals surface area contributed by atoms with Gasteiger partial charge in [-0.05, 0) is 25.8 Å². The Morgan fingerprint density at radius 2 is 1.72 bits per heavy atom. The van der Waals surface area contributed by atoms with Crippen LogP contribution in [0.1, 0.15) is 37.3 Å². The van der Waals surface area contributed by atoms with E-state index in [1.54, 1.807) is 6.92 Å². The molecule has 0 unspecified atom stereocenters. The van der Waals surface area contributed by atoms with Crippen LogP contribution in [0.15, 0.2) is 24.3 Å². The lowest BCUT2D eigenvalue weighted by Gasteiger charge is -2.03. The van der Waals surface area contributed by atoms with Gasteiger partial charge in [0.15, 0.2) is 0 Å². The summed E-state index contributed by atoms with van der Waals surface area (Å²) in [4.78, 5) is 22.7. The van der Waals surface area contributed by atoms with E-state index in [0.29, 0.717) is 13.0 Å². The molecule has 0 N–H and O–H groups in total. The number of carbonyl (C=O) groups excluding carboxylic acids is 2. The summed E-state index contributed by atoms with van der Waals surface area (Å²) in [6, 6.07) is 8.15. The minimum atomic E-state index is -0.291. The highest BCUT2D eigenvalue weighted by atomic mass is 16.5. The molecule has 98 valence electrons. The number of aryl methyl sites for hydroxylation is 2. The van der Waals surface area contributed by atoms with Crippen molar-refractivity contribution in [3.63, 3.8) is 0 Å². The summed E-state index contributed by atoms with van der Waals surface area (Å²) in [5.41, 5.74) is 2.37. The Labute approximate surface area is 108 Å². The predicted molar refractivity (Wildman–Crippen MR) is 70.4 cm³/mol. The summed E-state index contributed by atoms with van der Waals surface area (Å²) in [5, 5.41) is 0. The summed E-state index contributed by atoms with van der Waals surface area (Å²) in [5.74, 6) is -0.176. The van der Waals surface area contributed by atoms with Gasteiger partial charge in [0.2, 0.25) is 0 Å². The second kappa shape index (κ2) is 7.64. The van der Waals surface area contributed by atoms with Gasteiger partial charge in [-0.2, -0.15) is 0 Å². The molecule has 0 atom stereocenters. The van der Waals surface area contributed by atoms with Crippen LogP contribution in [0.2, 0.25) is 0 Å². The number of hydrogen-bond acceptors (Lipinski definition) is 3. The molecule has 0 aliphatic heterocycles. The molecule has 18 heavy (non-hydrogen) atoms. The fourth-order valence-electron chi connectivity index (χ4n) is 1.64. The Kier molecular flexibility index (Phi) is 6.12. The Morgan fingerprint density at radius 1 is 1.06 bits per heavy atom. The van der Waals surface area contributed by atoms with E-state index in [-0.39, 0.29) is 24.6 Å². The van der Waals surface area contributed by atoms with Gasteiger partial charge in [-0.25, -0.2) is 0 Å². The Balaban J connectivity index is 2.24. The van der Waals surface area contributed by atoms with Gasteiger partial charge in [0, 0.05) is 12.8 Å². The molecule has 0 amide bonds. The maximum Gasteiger partial charge on any atom is 0.306 e. The van der Waals surface area contributed by atoms with E-state index >= 15 is 0 Å². The van der Waals surface area contributed by atoms with Crippen LogP contribution in [0, 0.1) is 6.92 Å². The fourth-order valence-corrected chi connectivity index (χ4v) is 1.64. The molecule has 0 aliphatic rings. The van der Waals surface area contributed by atoms with E-state index in [2.05, 4.69) is 0 Å². The quantitative estimate of drug-likeness (QED) is 0.697. The Hall–Kier alpha value is -1.64. The molecule has 0 saturated heterocycles. The van der Waals surface area contributed by atoms with Crippen LogP contribution in [-0.4, -0.2) is 18.4 Å². The van der Waals surface area contributed by atoms with Gasteiger partial charge >= 0.3 is 5.97 Å². The van der Waals surface area contributed by atoms with Gasteiger partial charge in [0.25, 0.3) is 0 Å². The molecule has 1 rings (SSSR count). The average Bonchev–Trinajstić information content (AvgIpc) is 2.36. The number of esters is 1. The molecule has 3 nitrogen and oxygen atoms in total. The van der Waals surface area contributed by atoms with Crippen molar-refractivity contribution in [1.29, 1.82) is 0 Å². The van der Waals surface area contributed by atoms with Crippen LogP contribution in [0.4, 0.5) is 0 Å². The van der Waals surface area contributed by atoms with Crippen molar-refractivity contribution in [3.8, 4) is 0 Å². The summed E-state index contributed by atoms with van der Waals surface area (Å²) >= 11 is 0. The standard InChI is InChI=1S/C15H20O3/c1-3-18-15(17)11-10-14(16)9-8-13-6-4-12(2)5-7-13/h4-7H,3,8-11H2,1-2H3. The zero-order valence-electron chi connectivity index (χ0n) is 11.1. The zero-order chi connectivity index (χ0) is 13.4. The Morgan fingerprint density at radius 3 is 2.33 bits per heavy atom. The third-order valence-electron chi connectivity index (χ3n) is 2.73. The first-order chi connectivity index (χ1) is 8.61. The van der Waals surface area contributed by atoms with Crippen LogP contribution < -0.4 is 0 Å². The number of benzene rings is 1. The van der Waals surface area contributed by atoms with Crippen LogP contribution in [0.3, 0.4) is 0 Å². The molecule has 0 heterocycles. The van der Waals surface area contributed by atoms with Crippen LogP contribution in [0.5, 0.6) is 0 Å². The fraction of sp³-hybridized carbons (Fsp3) is 0.467. The van der Waals surface area contributed by atoms with Crippen molar-refractivity contribution in [1.82, 2.24) is 0 Å². The van der Waals surface area contributed by atoms with Gasteiger partial charge < -0.3 is 4.74 Å². The largest absolute Gasteiger partial charge is 0.466 e. The van der Waals surface area contributed by atoms with E-state index < -0.39 is 0 Å². The first kappa shape index (κ1) is 14.4. The molecule has 0 aliphatic carbocycles. The molecule has 0 saturated carbocycles. The van der Waals surface area contributed by atoms with E-state index in [1.165, 1.54) is 5.56 Å². The lowest BCUT2D eigenvalue weighted by molar-refractivity contribution is -0.144. The highest BCUT2D eigenvalue weighted by Gasteiger charge is 2.07. The van der Waals surface area contributed by atoms with Crippen molar-refractivity contribution in [2.24, 2.45) is 0 Å². The highest BCUT2D eigenvalue weighted by molar-refractivity contribution is 5.83. The molecular formula is C15H20O3. The number of Topliss-reactive ketones (excluding diaryl/α,β-unsaturated/α-hetero) is 1. The summed E-state index contributed by atoms with van der Waals surface area (Å²) in [6.45, 7) is 4.17. The van der Waals surface area contributed by atoms with E-state index in [4.69, 9.17) is 4.74 Å². The van der Waals surface area contributed by atoms with E-state index in [1.807, 2.05) is 31.2 Å². The lowest BCUT2D eigenvalue weighted by atomic mass is 10.0. The number of hydrogen-bond donors (Lipinski definition) is 0. The van der Waals surface area contributed by atoms with Gasteiger partial charge in [-0.1, -0.05) is 29.8 Å². The molecule has 0 bridgehead atoms. The maximum atomic E-state index is 11.6. The number of ketones is 1. The smallest absolute Gasteiger partial charge is 0.306 e. The first-order valence-electron chi connectivity index (χ1n) is 6.34.